The van der Waals surface area contributed by atoms with Crippen molar-refractivity contribution in [2.45, 2.75) is 38.6 Å². The molecule has 7 nitrogen and oxygen atoms in total. The van der Waals surface area contributed by atoms with Gasteiger partial charge in [-0.2, -0.15) is 4.31 Å². The van der Waals surface area contributed by atoms with Crippen LogP contribution < -0.4 is 5.32 Å². The zero-order valence-corrected chi connectivity index (χ0v) is 21.2. The van der Waals surface area contributed by atoms with E-state index in [1.807, 2.05) is 33.0 Å². The molecular formula is C26H33N5O2S. The first-order chi connectivity index (χ1) is 16.2. The smallest absolute Gasteiger partial charge is 0.243 e. The van der Waals surface area contributed by atoms with Crippen LogP contribution in [0.1, 0.15) is 33.8 Å². The van der Waals surface area contributed by atoms with E-state index in [9.17, 15) is 8.42 Å². The summed E-state index contributed by atoms with van der Waals surface area (Å²) in [6.07, 6.45) is 0.747. The minimum Gasteiger partial charge on any atom is -0.366 e. The Morgan fingerprint density at radius 3 is 2.12 bits per heavy atom. The highest BCUT2D eigenvalue weighted by Crippen LogP contribution is 2.23. The van der Waals surface area contributed by atoms with Crippen molar-refractivity contribution in [1.82, 2.24) is 19.2 Å². The van der Waals surface area contributed by atoms with Crippen LogP contribution in [0, 0.1) is 20.8 Å². The van der Waals surface area contributed by atoms with Gasteiger partial charge in [-0.05, 0) is 51.1 Å². The number of aryl methyl sites for hydroxylation is 3. The predicted octanol–water partition coefficient (Wildman–Crippen LogP) is 3.54. The second-order valence-corrected chi connectivity index (χ2v) is 11.0. The summed E-state index contributed by atoms with van der Waals surface area (Å²) in [5.74, 6) is 1.54. The van der Waals surface area contributed by atoms with E-state index in [4.69, 9.17) is 0 Å². The predicted molar refractivity (Wildman–Crippen MR) is 136 cm³/mol. The second-order valence-electron chi connectivity index (χ2n) is 9.05. The fraction of sp³-hybridized carbons (Fsp3) is 0.385. The Kier molecular flexibility index (Phi) is 7.30. The van der Waals surface area contributed by atoms with Crippen LogP contribution in [0.15, 0.2) is 53.4 Å². The summed E-state index contributed by atoms with van der Waals surface area (Å²) in [7, 11) is -1.45. The van der Waals surface area contributed by atoms with Gasteiger partial charge >= 0.3 is 0 Å². The van der Waals surface area contributed by atoms with Gasteiger partial charge in [-0.25, -0.2) is 18.4 Å². The van der Waals surface area contributed by atoms with Crippen molar-refractivity contribution in [2.75, 3.05) is 38.5 Å². The molecule has 180 valence electrons. The highest BCUT2D eigenvalue weighted by Gasteiger charge is 2.27. The Labute approximate surface area is 202 Å². The first kappa shape index (κ1) is 24.3. The maximum Gasteiger partial charge on any atom is 0.243 e. The van der Waals surface area contributed by atoms with Crippen molar-refractivity contribution in [2.24, 2.45) is 0 Å². The normalized spacial score (nSPS) is 15.4. The molecule has 8 heteroatoms. The van der Waals surface area contributed by atoms with Crippen molar-refractivity contribution in [3.05, 3.63) is 82.3 Å². The monoisotopic (exact) mass is 479 g/mol. The van der Waals surface area contributed by atoms with E-state index in [0.29, 0.717) is 24.5 Å². The largest absolute Gasteiger partial charge is 0.366 e. The molecule has 2 aromatic carbocycles. The molecule has 1 saturated heterocycles. The first-order valence-corrected chi connectivity index (χ1v) is 13.1. The fourth-order valence-electron chi connectivity index (χ4n) is 4.15. The molecule has 1 aliphatic heterocycles. The van der Waals surface area contributed by atoms with Gasteiger partial charge in [-0.3, -0.25) is 0 Å². The summed E-state index contributed by atoms with van der Waals surface area (Å²) < 4.78 is 27.5. The number of sulfonamides is 1. The van der Waals surface area contributed by atoms with E-state index < -0.39 is 10.0 Å². The molecule has 1 N–H and O–H groups in total. The van der Waals surface area contributed by atoms with Crippen LogP contribution in [-0.4, -0.2) is 60.8 Å². The molecule has 0 aliphatic carbocycles. The molecule has 0 atom stereocenters. The Hall–Kier alpha value is -2.81. The number of hydrogen-bond acceptors (Lipinski definition) is 6. The van der Waals surface area contributed by atoms with Crippen molar-refractivity contribution < 1.29 is 8.42 Å². The molecule has 4 rings (SSSR count). The van der Waals surface area contributed by atoms with Gasteiger partial charge in [0.25, 0.3) is 0 Å². The van der Waals surface area contributed by atoms with E-state index in [0.717, 1.165) is 48.0 Å². The molecule has 0 amide bonds. The minimum atomic E-state index is -3.46. The van der Waals surface area contributed by atoms with Crippen LogP contribution in [0.3, 0.4) is 0 Å². The molecule has 2 heterocycles. The standard InChI is InChI=1S/C26H33N5O2S/c1-19-5-7-22(8-6-19)17-25-20(2)28-21(3)29-26(25)27-18-23-9-11-24(12-10-23)34(32,33)31-15-13-30(4)14-16-31/h5-12H,13-18H2,1-4H3,(H,27,28,29). The summed E-state index contributed by atoms with van der Waals surface area (Å²) in [6.45, 7) is 9.10. The van der Waals surface area contributed by atoms with Crippen molar-refractivity contribution in [1.29, 1.82) is 0 Å². The van der Waals surface area contributed by atoms with Crippen molar-refractivity contribution in [3.63, 3.8) is 0 Å². The van der Waals surface area contributed by atoms with E-state index in [-0.39, 0.29) is 0 Å². The van der Waals surface area contributed by atoms with Gasteiger partial charge < -0.3 is 10.2 Å². The van der Waals surface area contributed by atoms with Crippen LogP contribution in [-0.2, 0) is 23.0 Å². The average molecular weight is 480 g/mol. The molecule has 1 fully saturated rings. The van der Waals surface area contributed by atoms with Crippen LogP contribution in [0.25, 0.3) is 0 Å². The molecule has 0 unspecified atom stereocenters. The number of anilines is 1. The summed E-state index contributed by atoms with van der Waals surface area (Å²) in [6, 6.07) is 15.7. The lowest BCUT2D eigenvalue weighted by Crippen LogP contribution is -2.46. The molecule has 0 bridgehead atoms. The number of nitrogens with one attached hydrogen (secondary N) is 1. The molecule has 1 aromatic heterocycles. The number of hydrogen-bond donors (Lipinski definition) is 1. The first-order valence-electron chi connectivity index (χ1n) is 11.6. The van der Waals surface area contributed by atoms with Gasteiger partial charge in [0.15, 0.2) is 0 Å². The lowest BCUT2D eigenvalue weighted by molar-refractivity contribution is 0.222. The number of rotatable bonds is 7. The zero-order chi connectivity index (χ0) is 24.3. The van der Waals surface area contributed by atoms with Crippen molar-refractivity contribution in [3.8, 4) is 0 Å². The van der Waals surface area contributed by atoms with E-state index in [1.54, 1.807) is 16.4 Å². The third-order valence-corrected chi connectivity index (χ3v) is 8.22. The Morgan fingerprint density at radius 1 is 0.853 bits per heavy atom. The van der Waals surface area contributed by atoms with E-state index in [2.05, 4.69) is 51.4 Å². The molecule has 0 saturated carbocycles. The van der Waals surface area contributed by atoms with Gasteiger partial charge in [0.1, 0.15) is 11.6 Å². The molecule has 3 aromatic rings. The van der Waals surface area contributed by atoms with Crippen LogP contribution in [0.2, 0.25) is 0 Å². The molecule has 0 radical (unpaired) electrons. The van der Waals surface area contributed by atoms with Crippen LogP contribution >= 0.6 is 0 Å². The van der Waals surface area contributed by atoms with Gasteiger partial charge in [-0.1, -0.05) is 42.0 Å². The Morgan fingerprint density at radius 2 is 1.47 bits per heavy atom. The summed E-state index contributed by atoms with van der Waals surface area (Å²) in [4.78, 5) is 11.7. The number of likely N-dealkylation sites (N-methyl/N-ethyl adjacent to an activating group) is 1. The summed E-state index contributed by atoms with van der Waals surface area (Å²) >= 11 is 0. The quantitative estimate of drug-likeness (QED) is 0.559. The zero-order valence-electron chi connectivity index (χ0n) is 20.4. The highest BCUT2D eigenvalue weighted by atomic mass is 32.2. The van der Waals surface area contributed by atoms with Gasteiger partial charge in [0, 0.05) is 50.4 Å². The molecule has 1 aliphatic rings. The molecular weight excluding hydrogens is 446 g/mol. The highest BCUT2D eigenvalue weighted by molar-refractivity contribution is 7.89. The number of benzene rings is 2. The Balaban J connectivity index is 1.47. The maximum absolute atomic E-state index is 13.0. The van der Waals surface area contributed by atoms with Gasteiger partial charge in [-0.15, -0.1) is 0 Å². The van der Waals surface area contributed by atoms with E-state index in [1.165, 1.54) is 11.1 Å². The van der Waals surface area contributed by atoms with Crippen LogP contribution in [0.5, 0.6) is 0 Å². The van der Waals surface area contributed by atoms with E-state index >= 15 is 0 Å². The number of nitrogens with zero attached hydrogens (tertiary/aromatic N) is 4. The van der Waals surface area contributed by atoms with Gasteiger partial charge in [0.05, 0.1) is 4.90 Å². The number of aromatic nitrogens is 2. The van der Waals surface area contributed by atoms with Crippen molar-refractivity contribution >= 4 is 15.8 Å². The summed E-state index contributed by atoms with van der Waals surface area (Å²) in [5, 5.41) is 3.45. The number of piperazine rings is 1. The summed E-state index contributed by atoms with van der Waals surface area (Å²) in [5.41, 5.74) is 5.47. The Bertz CT molecular complexity index is 1230. The SMILES string of the molecule is Cc1ccc(Cc2c(C)nc(C)nc2NCc2ccc(S(=O)(=O)N3CCN(C)CC3)cc2)cc1. The minimum absolute atomic E-state index is 0.342. The topological polar surface area (TPSA) is 78.4 Å². The molecule has 0 spiro atoms. The lowest BCUT2D eigenvalue weighted by atomic mass is 10.0. The third kappa shape index (κ3) is 5.63. The van der Waals surface area contributed by atoms with Gasteiger partial charge in [0.2, 0.25) is 10.0 Å². The third-order valence-electron chi connectivity index (χ3n) is 6.31. The fourth-order valence-corrected chi connectivity index (χ4v) is 5.57. The second kappa shape index (κ2) is 10.2. The lowest BCUT2D eigenvalue weighted by Gasteiger charge is -2.31. The maximum atomic E-state index is 13.0. The van der Waals surface area contributed by atoms with Crippen LogP contribution in [0.4, 0.5) is 5.82 Å². The average Bonchev–Trinajstić information content (AvgIpc) is 2.81. The molecule has 34 heavy (non-hydrogen) atoms.